The van der Waals surface area contributed by atoms with E-state index in [-0.39, 0.29) is 5.56 Å². The molecule has 0 aliphatic heterocycles. The molecule has 0 saturated heterocycles. The molecule has 0 spiro atoms. The summed E-state index contributed by atoms with van der Waals surface area (Å²) in [4.78, 5) is 15.7. The van der Waals surface area contributed by atoms with E-state index in [2.05, 4.69) is 27.6 Å². The highest BCUT2D eigenvalue weighted by molar-refractivity contribution is 8.00. The van der Waals surface area contributed by atoms with Gasteiger partial charge in [-0.3, -0.25) is 0 Å². The number of rotatable bonds is 7. The van der Waals surface area contributed by atoms with Crippen molar-refractivity contribution in [2.45, 2.75) is 23.8 Å². The van der Waals surface area contributed by atoms with Gasteiger partial charge in [0, 0.05) is 22.9 Å². The molecule has 1 fully saturated rings. The number of aromatic nitrogens is 1. The van der Waals surface area contributed by atoms with Crippen LogP contribution in [0.4, 0.5) is 5.69 Å². The number of aromatic carboxylic acids is 1. The van der Waals surface area contributed by atoms with Gasteiger partial charge in [0.2, 0.25) is 0 Å². The van der Waals surface area contributed by atoms with Crippen molar-refractivity contribution < 1.29 is 19.4 Å². The molecule has 1 saturated carbocycles. The molecule has 0 atom stereocenters. The van der Waals surface area contributed by atoms with Crippen LogP contribution in [-0.4, -0.2) is 30.3 Å². The third-order valence-electron chi connectivity index (χ3n) is 4.78. The predicted octanol–water partition coefficient (Wildman–Crippen LogP) is 5.25. The van der Waals surface area contributed by atoms with Gasteiger partial charge >= 0.3 is 5.97 Å². The second-order valence-corrected chi connectivity index (χ2v) is 8.58. The van der Waals surface area contributed by atoms with E-state index in [1.54, 1.807) is 13.2 Å². The first-order valence-electron chi connectivity index (χ1n) is 9.57. The van der Waals surface area contributed by atoms with E-state index >= 15 is 0 Å². The summed E-state index contributed by atoms with van der Waals surface area (Å²) < 4.78 is 13.8. The third-order valence-corrected chi connectivity index (χ3v) is 6.42. The number of ether oxygens (including phenoxy) is 2. The molecule has 1 aliphatic carbocycles. The number of hydrogen-bond donors (Lipinski definition) is 2. The number of carbonyl (C=O) groups is 1. The van der Waals surface area contributed by atoms with Crippen molar-refractivity contribution in [1.29, 1.82) is 0 Å². The highest BCUT2D eigenvalue weighted by Gasteiger charge is 2.26. The Hall–Kier alpha value is -3.15. The first-order chi connectivity index (χ1) is 15.1. The molecule has 0 bridgehead atoms. The summed E-state index contributed by atoms with van der Waals surface area (Å²) in [5.74, 6) is 7.32. The third kappa shape index (κ3) is 5.13. The lowest BCUT2D eigenvalue weighted by Gasteiger charge is -2.10. The molecule has 1 aromatic heterocycles. The quantitative estimate of drug-likeness (QED) is 0.374. The van der Waals surface area contributed by atoms with E-state index in [4.69, 9.17) is 14.6 Å². The van der Waals surface area contributed by atoms with E-state index in [0.29, 0.717) is 17.4 Å². The second-order valence-electron chi connectivity index (χ2n) is 6.89. The number of carboxylic acid groups (broad SMARTS) is 1. The Bertz CT molecular complexity index is 1180. The number of nitrogens with one attached hydrogen (secondary N) is 1. The molecule has 0 unspecified atom stereocenters. The lowest BCUT2D eigenvalue weighted by molar-refractivity contribution is 0.0696. The van der Waals surface area contributed by atoms with Crippen LogP contribution in [0.2, 0.25) is 0 Å². The highest BCUT2D eigenvalue weighted by atomic mass is 32.2. The molecule has 0 radical (unpaired) electrons. The molecule has 31 heavy (non-hydrogen) atoms. The van der Waals surface area contributed by atoms with Gasteiger partial charge in [-0.15, -0.1) is 11.3 Å². The van der Waals surface area contributed by atoms with Crippen LogP contribution in [0.25, 0.3) is 0 Å². The van der Waals surface area contributed by atoms with E-state index in [9.17, 15) is 4.79 Å². The fraction of sp³-hybridized carbons (Fsp3) is 0.217. The molecule has 6 nitrogen and oxygen atoms in total. The largest absolute Gasteiger partial charge is 0.497 e. The molecule has 158 valence electrons. The van der Waals surface area contributed by atoms with Gasteiger partial charge in [0.05, 0.1) is 25.5 Å². The van der Waals surface area contributed by atoms with Crippen molar-refractivity contribution in [3.63, 3.8) is 0 Å². The number of benzene rings is 2. The summed E-state index contributed by atoms with van der Waals surface area (Å²) in [5, 5.41) is 12.5. The van der Waals surface area contributed by atoms with Crippen LogP contribution in [0, 0.1) is 11.8 Å². The van der Waals surface area contributed by atoms with Crippen LogP contribution in [0.5, 0.6) is 11.5 Å². The zero-order chi connectivity index (χ0) is 21.8. The maximum absolute atomic E-state index is 11.1. The van der Waals surface area contributed by atoms with Crippen molar-refractivity contribution in [2.75, 3.05) is 18.9 Å². The van der Waals surface area contributed by atoms with Crippen molar-refractivity contribution in [3.8, 4) is 23.3 Å². The molecule has 4 rings (SSSR count). The minimum Gasteiger partial charge on any atom is -0.497 e. The van der Waals surface area contributed by atoms with Crippen molar-refractivity contribution in [3.05, 3.63) is 63.5 Å². The Kier molecular flexibility index (Phi) is 6.35. The molecule has 2 N–H and O–H groups in total. The topological polar surface area (TPSA) is 80.7 Å². The van der Waals surface area contributed by atoms with Crippen molar-refractivity contribution in [1.82, 2.24) is 4.98 Å². The van der Waals surface area contributed by atoms with E-state index in [1.165, 1.54) is 60.9 Å². The standard InChI is InChI=1S/C23H20N2O4S2/c1-28-17-8-5-15(18(12-17)14-3-4-14)7-10-21-24-22(13-30-21)31-25-19-9-6-16(23(26)27)11-20(19)29-2/h5-6,8-9,11-14,25H,3-4H2,1-2H3,(H,26,27). The van der Waals surface area contributed by atoms with Crippen molar-refractivity contribution in [2.24, 2.45) is 0 Å². The molecular formula is C23H20N2O4S2. The maximum atomic E-state index is 11.1. The zero-order valence-corrected chi connectivity index (χ0v) is 18.6. The fourth-order valence-electron chi connectivity index (χ4n) is 3.01. The Balaban J connectivity index is 1.45. The minimum atomic E-state index is -0.998. The number of methoxy groups -OCH3 is 2. The second kappa shape index (κ2) is 9.33. The summed E-state index contributed by atoms with van der Waals surface area (Å²) in [7, 11) is 3.18. The number of hydrogen-bond acceptors (Lipinski definition) is 7. The Morgan fingerprint density at radius 1 is 1.19 bits per heavy atom. The van der Waals surface area contributed by atoms with Crippen LogP contribution < -0.4 is 14.2 Å². The molecule has 3 aromatic rings. The fourth-order valence-corrected chi connectivity index (χ4v) is 4.45. The normalized spacial score (nSPS) is 12.6. The summed E-state index contributed by atoms with van der Waals surface area (Å²) in [5.41, 5.74) is 3.11. The lowest BCUT2D eigenvalue weighted by Crippen LogP contribution is -1.99. The SMILES string of the molecule is COc1ccc(C#Cc2nc(SNc3ccc(C(=O)O)cc3OC)cs2)c(C2CC2)c1. The van der Waals surface area contributed by atoms with Gasteiger partial charge in [-0.2, -0.15) is 0 Å². The van der Waals surface area contributed by atoms with Crippen LogP contribution in [0.15, 0.2) is 46.8 Å². The van der Waals surface area contributed by atoms with Gasteiger partial charge in [0.1, 0.15) is 16.5 Å². The Labute approximate surface area is 188 Å². The monoisotopic (exact) mass is 452 g/mol. The first kappa shape index (κ1) is 21.1. The highest BCUT2D eigenvalue weighted by Crippen LogP contribution is 2.42. The van der Waals surface area contributed by atoms with Crippen LogP contribution in [0.1, 0.15) is 45.3 Å². The van der Waals surface area contributed by atoms with Crippen LogP contribution in [0.3, 0.4) is 0 Å². The molecule has 1 aliphatic rings. The predicted molar refractivity (Wildman–Crippen MR) is 122 cm³/mol. The summed E-state index contributed by atoms with van der Waals surface area (Å²) in [6.07, 6.45) is 2.39. The minimum absolute atomic E-state index is 0.169. The molecule has 0 amide bonds. The maximum Gasteiger partial charge on any atom is 0.335 e. The Morgan fingerprint density at radius 3 is 2.74 bits per heavy atom. The summed E-state index contributed by atoms with van der Waals surface area (Å²) in [6.45, 7) is 0. The average molecular weight is 453 g/mol. The Morgan fingerprint density at radius 2 is 2.03 bits per heavy atom. The number of carboxylic acids is 1. The van der Waals surface area contributed by atoms with E-state index in [1.807, 2.05) is 17.5 Å². The molecule has 8 heteroatoms. The van der Waals surface area contributed by atoms with Crippen LogP contribution >= 0.6 is 23.3 Å². The van der Waals surface area contributed by atoms with Gasteiger partial charge in [-0.25, -0.2) is 9.78 Å². The van der Waals surface area contributed by atoms with E-state index < -0.39 is 5.97 Å². The van der Waals surface area contributed by atoms with Gasteiger partial charge in [-0.05, 0) is 66.6 Å². The van der Waals surface area contributed by atoms with Crippen molar-refractivity contribution >= 4 is 34.9 Å². The van der Waals surface area contributed by atoms with Gasteiger partial charge < -0.3 is 19.3 Å². The number of nitrogens with zero attached hydrogens (tertiary/aromatic N) is 1. The van der Waals surface area contributed by atoms with Gasteiger partial charge in [0.15, 0.2) is 5.01 Å². The lowest BCUT2D eigenvalue weighted by atomic mass is 10.0. The van der Waals surface area contributed by atoms with Gasteiger partial charge in [0.25, 0.3) is 0 Å². The molecule has 1 heterocycles. The summed E-state index contributed by atoms with van der Waals surface area (Å²) in [6, 6.07) is 10.7. The smallest absolute Gasteiger partial charge is 0.335 e. The molecule has 2 aromatic carbocycles. The molecular weight excluding hydrogens is 432 g/mol. The van der Waals surface area contributed by atoms with E-state index in [0.717, 1.165) is 21.3 Å². The van der Waals surface area contributed by atoms with Crippen LogP contribution in [-0.2, 0) is 0 Å². The first-order valence-corrected chi connectivity index (χ1v) is 11.3. The zero-order valence-electron chi connectivity index (χ0n) is 17.0. The summed E-state index contributed by atoms with van der Waals surface area (Å²) >= 11 is 2.80. The number of anilines is 1. The average Bonchev–Trinajstić information content (AvgIpc) is 3.54. The van der Waals surface area contributed by atoms with Gasteiger partial charge in [-0.1, -0.05) is 5.92 Å². The number of thiazole rings is 1.